The van der Waals surface area contributed by atoms with Gasteiger partial charge in [-0.15, -0.1) is 0 Å². The molecule has 0 unspecified atom stereocenters. The molecule has 1 aromatic heterocycles. The normalized spacial score (nSPS) is 17.0. The summed E-state index contributed by atoms with van der Waals surface area (Å²) in [5.74, 6) is 0.752. The van der Waals surface area contributed by atoms with Gasteiger partial charge in [0.1, 0.15) is 6.10 Å². The number of aromatic nitrogens is 1. The lowest BCUT2D eigenvalue weighted by molar-refractivity contribution is 0.0235. The van der Waals surface area contributed by atoms with Gasteiger partial charge in [-0.1, -0.05) is 27.7 Å². The van der Waals surface area contributed by atoms with E-state index in [4.69, 9.17) is 14.5 Å². The molecule has 0 aromatic carbocycles. The lowest BCUT2D eigenvalue weighted by Gasteiger charge is -2.25. The molecule has 4 nitrogen and oxygen atoms in total. The van der Waals surface area contributed by atoms with E-state index in [1.54, 1.807) is 0 Å². The Balaban J connectivity index is 2.17. The maximum absolute atomic E-state index is 6.09. The summed E-state index contributed by atoms with van der Waals surface area (Å²) in [5, 5.41) is 3.37. The first kappa shape index (κ1) is 16.2. The highest BCUT2D eigenvalue weighted by Gasteiger charge is 2.20. The summed E-state index contributed by atoms with van der Waals surface area (Å²) < 4.78 is 11.5. The summed E-state index contributed by atoms with van der Waals surface area (Å²) in [6.07, 6.45) is 2.13. The van der Waals surface area contributed by atoms with E-state index in [1.807, 2.05) is 0 Å². The van der Waals surface area contributed by atoms with Gasteiger partial charge in [0.25, 0.3) is 0 Å². The Labute approximate surface area is 128 Å². The molecule has 1 N–H and O–H groups in total. The summed E-state index contributed by atoms with van der Waals surface area (Å²) in [4.78, 5) is 4.72. The monoisotopic (exact) mass is 292 g/mol. The topological polar surface area (TPSA) is 43.4 Å². The SMILES string of the molecule is CCNCc1cc(OC2CCOCC2)nc(C(C)(C)C)c1. The van der Waals surface area contributed by atoms with E-state index in [-0.39, 0.29) is 11.5 Å². The molecule has 21 heavy (non-hydrogen) atoms. The molecule has 0 atom stereocenters. The van der Waals surface area contributed by atoms with Crippen LogP contribution in [0.15, 0.2) is 12.1 Å². The zero-order valence-electron chi connectivity index (χ0n) is 13.7. The summed E-state index contributed by atoms with van der Waals surface area (Å²) in [6.45, 7) is 12.1. The van der Waals surface area contributed by atoms with Crippen LogP contribution in [0.5, 0.6) is 5.88 Å². The summed E-state index contributed by atoms with van der Waals surface area (Å²) in [6, 6.07) is 4.24. The summed E-state index contributed by atoms with van der Waals surface area (Å²) in [5.41, 5.74) is 2.34. The largest absolute Gasteiger partial charge is 0.474 e. The van der Waals surface area contributed by atoms with Crippen molar-refractivity contribution in [3.63, 3.8) is 0 Å². The van der Waals surface area contributed by atoms with Gasteiger partial charge in [-0.2, -0.15) is 0 Å². The molecule has 0 bridgehead atoms. The van der Waals surface area contributed by atoms with Crippen molar-refractivity contribution in [3.05, 3.63) is 23.4 Å². The van der Waals surface area contributed by atoms with Gasteiger partial charge in [-0.05, 0) is 18.2 Å². The fraction of sp³-hybridized carbons (Fsp3) is 0.706. The number of hydrogen-bond donors (Lipinski definition) is 1. The highest BCUT2D eigenvalue weighted by molar-refractivity contribution is 5.28. The van der Waals surface area contributed by atoms with Crippen molar-refractivity contribution in [2.24, 2.45) is 0 Å². The molecular weight excluding hydrogens is 264 g/mol. The van der Waals surface area contributed by atoms with Gasteiger partial charge in [-0.25, -0.2) is 4.98 Å². The molecule has 0 aliphatic carbocycles. The number of nitrogens with zero attached hydrogens (tertiary/aromatic N) is 1. The number of hydrogen-bond acceptors (Lipinski definition) is 4. The molecule has 1 aliphatic rings. The average molecular weight is 292 g/mol. The minimum Gasteiger partial charge on any atom is -0.474 e. The van der Waals surface area contributed by atoms with Crippen molar-refractivity contribution in [1.82, 2.24) is 10.3 Å². The average Bonchev–Trinajstić information content (AvgIpc) is 2.45. The first-order valence-corrected chi connectivity index (χ1v) is 7.95. The van der Waals surface area contributed by atoms with Crippen molar-refractivity contribution in [3.8, 4) is 5.88 Å². The van der Waals surface area contributed by atoms with Crippen LogP contribution < -0.4 is 10.1 Å². The predicted octanol–water partition coefficient (Wildman–Crippen LogP) is 3.05. The van der Waals surface area contributed by atoms with E-state index in [0.717, 1.165) is 50.7 Å². The van der Waals surface area contributed by atoms with Crippen molar-refractivity contribution < 1.29 is 9.47 Å². The second-order valence-corrected chi connectivity index (χ2v) is 6.66. The first-order chi connectivity index (χ1) is 9.99. The molecule has 4 heteroatoms. The van der Waals surface area contributed by atoms with E-state index in [0.29, 0.717) is 0 Å². The summed E-state index contributed by atoms with van der Waals surface area (Å²) >= 11 is 0. The highest BCUT2D eigenvalue weighted by atomic mass is 16.5. The quantitative estimate of drug-likeness (QED) is 0.906. The Kier molecular flexibility index (Phi) is 5.59. The summed E-state index contributed by atoms with van der Waals surface area (Å²) in [7, 11) is 0. The maximum Gasteiger partial charge on any atom is 0.214 e. The van der Waals surface area contributed by atoms with Gasteiger partial charge in [0.2, 0.25) is 5.88 Å². The third-order valence-corrected chi connectivity index (χ3v) is 3.66. The highest BCUT2D eigenvalue weighted by Crippen LogP contribution is 2.25. The molecule has 0 spiro atoms. The maximum atomic E-state index is 6.09. The van der Waals surface area contributed by atoms with Crippen LogP contribution in [0, 0.1) is 0 Å². The zero-order chi connectivity index (χ0) is 15.3. The predicted molar refractivity (Wildman–Crippen MR) is 84.8 cm³/mol. The van der Waals surface area contributed by atoms with Gasteiger partial charge in [0.05, 0.1) is 18.9 Å². The number of pyridine rings is 1. The minimum atomic E-state index is 0.0238. The first-order valence-electron chi connectivity index (χ1n) is 7.95. The van der Waals surface area contributed by atoms with Gasteiger partial charge >= 0.3 is 0 Å². The van der Waals surface area contributed by atoms with Crippen LogP contribution in [0.1, 0.15) is 51.8 Å². The van der Waals surface area contributed by atoms with Crippen molar-refractivity contribution >= 4 is 0 Å². The number of nitrogens with one attached hydrogen (secondary N) is 1. The van der Waals surface area contributed by atoms with Crippen LogP contribution in [0.2, 0.25) is 0 Å². The Morgan fingerprint density at radius 1 is 1.29 bits per heavy atom. The molecular formula is C17H28N2O2. The lowest BCUT2D eigenvalue weighted by atomic mass is 9.91. The Hall–Kier alpha value is -1.13. The molecule has 1 saturated heterocycles. The van der Waals surface area contributed by atoms with E-state index in [1.165, 1.54) is 5.56 Å². The van der Waals surface area contributed by atoms with Crippen LogP contribution in [0.4, 0.5) is 0 Å². The van der Waals surface area contributed by atoms with E-state index in [9.17, 15) is 0 Å². The molecule has 1 aromatic rings. The minimum absolute atomic E-state index is 0.0238. The molecule has 0 radical (unpaired) electrons. The van der Waals surface area contributed by atoms with Crippen LogP contribution in [0.25, 0.3) is 0 Å². The van der Waals surface area contributed by atoms with Crippen molar-refractivity contribution in [2.75, 3.05) is 19.8 Å². The standard InChI is InChI=1S/C17H28N2O2/c1-5-18-12-13-10-15(17(2,3)4)19-16(11-13)21-14-6-8-20-9-7-14/h10-11,14,18H,5-9,12H2,1-4H3. The van der Waals surface area contributed by atoms with Crippen molar-refractivity contribution in [1.29, 1.82) is 0 Å². The Morgan fingerprint density at radius 3 is 2.62 bits per heavy atom. The van der Waals surface area contributed by atoms with Crippen molar-refractivity contribution in [2.45, 2.75) is 58.6 Å². The third-order valence-electron chi connectivity index (χ3n) is 3.66. The fourth-order valence-corrected chi connectivity index (χ4v) is 2.34. The molecule has 1 fully saturated rings. The second-order valence-electron chi connectivity index (χ2n) is 6.66. The molecule has 1 aliphatic heterocycles. The molecule has 0 amide bonds. The molecule has 2 rings (SSSR count). The van der Waals surface area contributed by atoms with Crippen LogP contribution in [0.3, 0.4) is 0 Å². The van der Waals surface area contributed by atoms with E-state index < -0.39 is 0 Å². The number of ether oxygens (including phenoxy) is 2. The number of rotatable bonds is 5. The van der Waals surface area contributed by atoms with Crippen LogP contribution in [-0.2, 0) is 16.7 Å². The third kappa shape index (κ3) is 4.97. The van der Waals surface area contributed by atoms with E-state index >= 15 is 0 Å². The van der Waals surface area contributed by atoms with Gasteiger partial charge in [-0.3, -0.25) is 0 Å². The van der Waals surface area contributed by atoms with Crippen LogP contribution >= 0.6 is 0 Å². The molecule has 2 heterocycles. The molecule has 118 valence electrons. The van der Waals surface area contributed by atoms with Gasteiger partial charge in [0, 0.05) is 30.9 Å². The molecule has 0 saturated carbocycles. The fourth-order valence-electron chi connectivity index (χ4n) is 2.34. The van der Waals surface area contributed by atoms with Gasteiger partial charge in [0.15, 0.2) is 0 Å². The van der Waals surface area contributed by atoms with E-state index in [2.05, 4.69) is 45.1 Å². The van der Waals surface area contributed by atoms with Gasteiger partial charge < -0.3 is 14.8 Å². The Morgan fingerprint density at radius 2 is 2.00 bits per heavy atom. The second kappa shape index (κ2) is 7.23. The lowest BCUT2D eigenvalue weighted by Crippen LogP contribution is -2.27. The van der Waals surface area contributed by atoms with Crippen LogP contribution in [-0.4, -0.2) is 30.8 Å². The zero-order valence-corrected chi connectivity index (χ0v) is 13.7. The Bertz CT molecular complexity index is 449. The smallest absolute Gasteiger partial charge is 0.214 e.